The van der Waals surface area contributed by atoms with Crippen molar-refractivity contribution in [1.82, 2.24) is 10.3 Å². The molecular formula is C18H24N2O2S. The fourth-order valence-electron chi connectivity index (χ4n) is 5.58. The number of H-pyrrole nitrogens is 1. The van der Waals surface area contributed by atoms with E-state index in [1.54, 1.807) is 5.38 Å². The molecule has 0 aromatic carbocycles. The number of carbonyl (C=O) groups is 1. The molecule has 0 aliphatic heterocycles. The van der Waals surface area contributed by atoms with Gasteiger partial charge in [0, 0.05) is 17.2 Å². The first kappa shape index (κ1) is 15.2. The van der Waals surface area contributed by atoms with E-state index < -0.39 is 0 Å². The number of hydrogen-bond donors (Lipinski definition) is 2. The normalized spacial score (nSPS) is 35.5. The first-order valence-electron chi connectivity index (χ1n) is 8.66. The minimum absolute atomic E-state index is 0.0368. The van der Waals surface area contributed by atoms with Gasteiger partial charge in [-0.15, -0.1) is 0 Å². The van der Waals surface area contributed by atoms with Crippen molar-refractivity contribution in [2.75, 3.05) is 0 Å². The Balaban J connectivity index is 1.43. The molecule has 0 unspecified atom stereocenters. The number of thiazole rings is 1. The highest BCUT2D eigenvalue weighted by Gasteiger charge is 2.51. The predicted molar refractivity (Wildman–Crippen MR) is 91.1 cm³/mol. The van der Waals surface area contributed by atoms with Crippen LogP contribution in [0.3, 0.4) is 0 Å². The molecule has 1 amide bonds. The van der Waals surface area contributed by atoms with Crippen LogP contribution in [0.4, 0.5) is 0 Å². The first-order chi connectivity index (χ1) is 11.0. The maximum Gasteiger partial charge on any atom is 0.304 e. The predicted octanol–water partition coefficient (Wildman–Crippen LogP) is 3.22. The molecule has 1 aromatic heterocycles. The summed E-state index contributed by atoms with van der Waals surface area (Å²) in [5, 5.41) is 4.66. The lowest BCUT2D eigenvalue weighted by Crippen LogP contribution is -2.46. The highest BCUT2D eigenvalue weighted by atomic mass is 32.1. The molecule has 4 aliphatic carbocycles. The number of nitrogens with one attached hydrogen (secondary N) is 2. The van der Waals surface area contributed by atoms with E-state index in [0.717, 1.165) is 34.8 Å². The van der Waals surface area contributed by atoms with E-state index >= 15 is 0 Å². The van der Waals surface area contributed by atoms with Crippen molar-refractivity contribution in [3.63, 3.8) is 0 Å². The molecule has 0 spiro atoms. The SMILES string of the molecule is C/C(=C/C(=O)NCc1csc(=O)[nH]1)C12CC3CC(CC(C3)C1)C2. The monoisotopic (exact) mass is 332 g/mol. The summed E-state index contributed by atoms with van der Waals surface area (Å²) in [6.45, 7) is 2.54. The summed E-state index contributed by atoms with van der Waals surface area (Å²) in [6.07, 6.45) is 9.93. The van der Waals surface area contributed by atoms with Crippen LogP contribution in [-0.2, 0) is 11.3 Å². The van der Waals surface area contributed by atoms with Crippen LogP contribution in [0.15, 0.2) is 21.8 Å². The van der Waals surface area contributed by atoms with Crippen molar-refractivity contribution < 1.29 is 4.79 Å². The number of rotatable bonds is 4. The molecule has 1 aromatic rings. The second-order valence-electron chi connectivity index (χ2n) is 7.92. The summed E-state index contributed by atoms with van der Waals surface area (Å²) < 4.78 is 0. The summed E-state index contributed by atoms with van der Waals surface area (Å²) in [7, 11) is 0. The Morgan fingerprint density at radius 1 is 1.30 bits per heavy atom. The van der Waals surface area contributed by atoms with Crippen LogP contribution in [0.1, 0.15) is 51.1 Å². The molecule has 5 rings (SSSR count). The third-order valence-electron chi connectivity index (χ3n) is 6.25. The van der Waals surface area contributed by atoms with Gasteiger partial charge in [-0.3, -0.25) is 9.59 Å². The van der Waals surface area contributed by atoms with Gasteiger partial charge in [-0.05, 0) is 68.6 Å². The molecule has 4 saturated carbocycles. The molecule has 0 saturated heterocycles. The van der Waals surface area contributed by atoms with E-state index in [-0.39, 0.29) is 10.8 Å². The van der Waals surface area contributed by atoms with Crippen LogP contribution in [0.25, 0.3) is 0 Å². The fourth-order valence-corrected chi connectivity index (χ4v) is 6.16. The van der Waals surface area contributed by atoms with E-state index in [1.165, 1.54) is 44.1 Å². The van der Waals surface area contributed by atoms with E-state index in [1.807, 2.05) is 6.08 Å². The van der Waals surface area contributed by atoms with Gasteiger partial charge in [-0.2, -0.15) is 0 Å². The smallest absolute Gasteiger partial charge is 0.304 e. The van der Waals surface area contributed by atoms with Crippen LogP contribution in [0.5, 0.6) is 0 Å². The molecule has 2 N–H and O–H groups in total. The molecule has 4 bridgehead atoms. The molecular weight excluding hydrogens is 308 g/mol. The maximum absolute atomic E-state index is 12.3. The van der Waals surface area contributed by atoms with Crippen LogP contribution >= 0.6 is 11.3 Å². The van der Waals surface area contributed by atoms with Crippen molar-refractivity contribution >= 4 is 17.2 Å². The quantitative estimate of drug-likeness (QED) is 0.832. The van der Waals surface area contributed by atoms with Gasteiger partial charge >= 0.3 is 4.87 Å². The van der Waals surface area contributed by atoms with Crippen molar-refractivity contribution in [2.45, 2.75) is 52.0 Å². The largest absolute Gasteiger partial charge is 0.347 e. The highest BCUT2D eigenvalue weighted by Crippen LogP contribution is 2.62. The van der Waals surface area contributed by atoms with E-state index in [0.29, 0.717) is 12.0 Å². The molecule has 124 valence electrons. The number of aromatic nitrogens is 1. The van der Waals surface area contributed by atoms with Crippen molar-refractivity contribution in [1.29, 1.82) is 0 Å². The Hall–Kier alpha value is -1.36. The van der Waals surface area contributed by atoms with Crippen molar-refractivity contribution in [3.05, 3.63) is 32.4 Å². The standard InChI is InChI=1S/C18H24N2O2S/c1-11(2-16(21)19-9-15-10-23-17(22)20-15)18-6-12-3-13(7-18)5-14(4-12)8-18/h2,10,12-14H,3-9H2,1H3,(H,19,21)(H,20,22)/b11-2-. The molecule has 4 aliphatic rings. The molecule has 23 heavy (non-hydrogen) atoms. The Kier molecular flexibility index (Phi) is 3.71. The zero-order chi connectivity index (χ0) is 16.0. The summed E-state index contributed by atoms with van der Waals surface area (Å²) in [4.78, 5) is 26.0. The second-order valence-corrected chi connectivity index (χ2v) is 8.76. The average molecular weight is 332 g/mol. The van der Waals surface area contributed by atoms with Gasteiger partial charge in [0.15, 0.2) is 0 Å². The lowest BCUT2D eigenvalue weighted by molar-refractivity contribution is -0.116. The van der Waals surface area contributed by atoms with Crippen LogP contribution in [-0.4, -0.2) is 10.9 Å². The van der Waals surface area contributed by atoms with Gasteiger partial charge in [0.1, 0.15) is 0 Å². The van der Waals surface area contributed by atoms with Crippen LogP contribution in [0.2, 0.25) is 0 Å². The molecule has 4 fully saturated rings. The zero-order valence-electron chi connectivity index (χ0n) is 13.6. The van der Waals surface area contributed by atoms with E-state index in [4.69, 9.17) is 0 Å². The Morgan fingerprint density at radius 3 is 2.43 bits per heavy atom. The van der Waals surface area contributed by atoms with Crippen LogP contribution < -0.4 is 10.2 Å². The van der Waals surface area contributed by atoms with Gasteiger partial charge in [-0.25, -0.2) is 0 Å². The van der Waals surface area contributed by atoms with Gasteiger partial charge in [0.05, 0.1) is 6.54 Å². The lowest BCUT2D eigenvalue weighted by Gasteiger charge is -2.57. The molecule has 1 heterocycles. The third kappa shape index (κ3) is 2.91. The minimum atomic E-state index is -0.0745. The van der Waals surface area contributed by atoms with Gasteiger partial charge in [0.2, 0.25) is 5.91 Å². The number of aromatic amines is 1. The zero-order valence-corrected chi connectivity index (χ0v) is 14.4. The Morgan fingerprint density at radius 2 is 1.91 bits per heavy atom. The summed E-state index contributed by atoms with van der Waals surface area (Å²) in [5.74, 6) is 2.64. The summed E-state index contributed by atoms with van der Waals surface area (Å²) >= 11 is 1.13. The minimum Gasteiger partial charge on any atom is -0.347 e. The van der Waals surface area contributed by atoms with E-state index in [9.17, 15) is 9.59 Å². The fraction of sp³-hybridized carbons (Fsp3) is 0.667. The Bertz CT molecular complexity index is 665. The average Bonchev–Trinajstić information content (AvgIpc) is 2.89. The Labute approximate surface area is 140 Å². The number of carbonyl (C=O) groups excluding carboxylic acids is 1. The van der Waals surface area contributed by atoms with Gasteiger partial charge in [0.25, 0.3) is 0 Å². The third-order valence-corrected chi connectivity index (χ3v) is 6.96. The number of allylic oxidation sites excluding steroid dienone is 1. The maximum atomic E-state index is 12.3. The first-order valence-corrected chi connectivity index (χ1v) is 9.54. The van der Waals surface area contributed by atoms with Crippen LogP contribution in [0, 0.1) is 23.2 Å². The molecule has 5 heteroatoms. The van der Waals surface area contributed by atoms with Crippen molar-refractivity contribution in [2.24, 2.45) is 23.2 Å². The highest BCUT2D eigenvalue weighted by molar-refractivity contribution is 7.07. The summed E-state index contributed by atoms with van der Waals surface area (Å²) in [5.41, 5.74) is 2.34. The number of hydrogen-bond acceptors (Lipinski definition) is 3. The second kappa shape index (κ2) is 5.62. The number of amides is 1. The lowest BCUT2D eigenvalue weighted by atomic mass is 9.48. The molecule has 0 radical (unpaired) electrons. The van der Waals surface area contributed by atoms with Gasteiger partial charge < -0.3 is 10.3 Å². The van der Waals surface area contributed by atoms with E-state index in [2.05, 4.69) is 17.2 Å². The van der Waals surface area contributed by atoms with Crippen molar-refractivity contribution in [3.8, 4) is 0 Å². The summed E-state index contributed by atoms with van der Waals surface area (Å²) in [6, 6.07) is 0. The molecule has 4 nitrogen and oxygen atoms in total. The topological polar surface area (TPSA) is 62.0 Å². The molecule has 0 atom stereocenters. The van der Waals surface area contributed by atoms with Gasteiger partial charge in [-0.1, -0.05) is 16.9 Å².